The van der Waals surface area contributed by atoms with E-state index in [9.17, 15) is 4.79 Å². The van der Waals surface area contributed by atoms with E-state index in [1.54, 1.807) is 17.5 Å². The molecule has 2 aromatic heterocycles. The molecule has 1 atom stereocenters. The highest BCUT2D eigenvalue weighted by Gasteiger charge is 2.24. The fourth-order valence-electron chi connectivity index (χ4n) is 2.36. The first-order valence-corrected chi connectivity index (χ1v) is 7.86. The summed E-state index contributed by atoms with van der Waals surface area (Å²) in [6, 6.07) is 5.75. The minimum Gasteiger partial charge on any atom is -0.332 e. The van der Waals surface area contributed by atoms with Crippen molar-refractivity contribution in [3.63, 3.8) is 0 Å². The SMILES string of the molecule is O=C([C@@H]1C=CCN1)N(Cc1cccnc1)Cc1ccsc1. The summed E-state index contributed by atoms with van der Waals surface area (Å²) in [5.74, 6) is 0.110. The zero-order valence-corrected chi connectivity index (χ0v) is 12.4. The van der Waals surface area contributed by atoms with Crippen LogP contribution in [0.15, 0.2) is 53.5 Å². The Morgan fingerprint density at radius 1 is 1.38 bits per heavy atom. The van der Waals surface area contributed by atoms with Crippen LogP contribution in [0.4, 0.5) is 0 Å². The molecule has 0 saturated carbocycles. The normalized spacial score (nSPS) is 17.0. The van der Waals surface area contributed by atoms with Crippen LogP contribution in [0.2, 0.25) is 0 Å². The summed E-state index contributed by atoms with van der Waals surface area (Å²) in [5, 5.41) is 7.31. The maximum Gasteiger partial charge on any atom is 0.244 e. The molecule has 21 heavy (non-hydrogen) atoms. The fraction of sp³-hybridized carbons (Fsp3) is 0.250. The number of carbonyl (C=O) groups is 1. The molecule has 0 saturated heterocycles. The first-order valence-electron chi connectivity index (χ1n) is 6.92. The summed E-state index contributed by atoms with van der Waals surface area (Å²) in [7, 11) is 0. The van der Waals surface area contributed by atoms with E-state index in [4.69, 9.17) is 0 Å². The van der Waals surface area contributed by atoms with Crippen molar-refractivity contribution in [3.8, 4) is 0 Å². The van der Waals surface area contributed by atoms with Gasteiger partial charge < -0.3 is 4.90 Å². The second-order valence-electron chi connectivity index (χ2n) is 5.00. The summed E-state index contributed by atoms with van der Waals surface area (Å²) in [5.41, 5.74) is 2.21. The minimum absolute atomic E-state index is 0.110. The number of aromatic nitrogens is 1. The standard InChI is InChI=1S/C16H17N3OS/c20-16(15-4-2-7-18-15)19(11-14-5-8-21-12-14)10-13-3-1-6-17-9-13/h1-6,8-9,12,15,18H,7,10-11H2/t15-/m0/s1. The van der Waals surface area contributed by atoms with Gasteiger partial charge in [0.25, 0.3) is 0 Å². The molecular formula is C16H17N3OS. The molecule has 1 N–H and O–H groups in total. The highest BCUT2D eigenvalue weighted by Crippen LogP contribution is 2.14. The zero-order valence-electron chi connectivity index (χ0n) is 11.6. The summed E-state index contributed by atoms with van der Waals surface area (Å²) in [4.78, 5) is 18.7. The number of nitrogens with zero attached hydrogens (tertiary/aromatic N) is 2. The zero-order chi connectivity index (χ0) is 14.5. The number of rotatable bonds is 5. The van der Waals surface area contributed by atoms with Crippen molar-refractivity contribution in [3.05, 3.63) is 64.6 Å². The summed E-state index contributed by atoms with van der Waals surface area (Å²) in [6.45, 7) is 1.97. The van der Waals surface area contributed by atoms with Crippen molar-refractivity contribution in [2.24, 2.45) is 0 Å². The van der Waals surface area contributed by atoms with Crippen molar-refractivity contribution in [2.75, 3.05) is 6.54 Å². The lowest BCUT2D eigenvalue weighted by atomic mass is 10.2. The van der Waals surface area contributed by atoms with Crippen LogP contribution in [0, 0.1) is 0 Å². The van der Waals surface area contributed by atoms with Crippen LogP contribution in [-0.2, 0) is 17.9 Å². The number of pyridine rings is 1. The van der Waals surface area contributed by atoms with Gasteiger partial charge in [0.1, 0.15) is 6.04 Å². The Hall–Kier alpha value is -1.98. The van der Waals surface area contributed by atoms with Crippen LogP contribution in [0.3, 0.4) is 0 Å². The van der Waals surface area contributed by atoms with E-state index in [2.05, 4.69) is 21.7 Å². The number of hydrogen-bond acceptors (Lipinski definition) is 4. The van der Waals surface area contributed by atoms with Crippen molar-refractivity contribution in [1.29, 1.82) is 0 Å². The van der Waals surface area contributed by atoms with Gasteiger partial charge in [-0.1, -0.05) is 18.2 Å². The molecule has 0 bridgehead atoms. The molecule has 0 spiro atoms. The first kappa shape index (κ1) is 14.0. The van der Waals surface area contributed by atoms with Gasteiger partial charge in [0, 0.05) is 32.0 Å². The molecule has 0 aromatic carbocycles. The quantitative estimate of drug-likeness (QED) is 0.861. The molecule has 4 nitrogen and oxygen atoms in total. The van der Waals surface area contributed by atoms with Gasteiger partial charge in [-0.05, 0) is 34.0 Å². The third-order valence-electron chi connectivity index (χ3n) is 3.41. The highest BCUT2D eigenvalue weighted by molar-refractivity contribution is 7.07. The maximum absolute atomic E-state index is 12.7. The van der Waals surface area contributed by atoms with Gasteiger partial charge in [-0.2, -0.15) is 11.3 Å². The molecule has 1 aliphatic rings. The maximum atomic E-state index is 12.7. The number of amides is 1. The summed E-state index contributed by atoms with van der Waals surface area (Å²) in [6.07, 6.45) is 7.49. The lowest BCUT2D eigenvalue weighted by Crippen LogP contribution is -2.42. The summed E-state index contributed by atoms with van der Waals surface area (Å²) >= 11 is 1.65. The molecule has 0 aliphatic carbocycles. The van der Waals surface area contributed by atoms with Gasteiger partial charge in [0.2, 0.25) is 5.91 Å². The average molecular weight is 299 g/mol. The van der Waals surface area contributed by atoms with E-state index in [0.29, 0.717) is 13.1 Å². The van der Waals surface area contributed by atoms with E-state index in [1.165, 1.54) is 5.56 Å². The predicted molar refractivity (Wildman–Crippen MR) is 83.7 cm³/mol. The van der Waals surface area contributed by atoms with E-state index in [0.717, 1.165) is 12.1 Å². The Morgan fingerprint density at radius 3 is 2.95 bits per heavy atom. The number of nitrogens with one attached hydrogen (secondary N) is 1. The molecule has 0 fully saturated rings. The van der Waals surface area contributed by atoms with Crippen LogP contribution in [0.5, 0.6) is 0 Å². The van der Waals surface area contributed by atoms with Crippen molar-refractivity contribution in [1.82, 2.24) is 15.2 Å². The van der Waals surface area contributed by atoms with Crippen LogP contribution >= 0.6 is 11.3 Å². The molecule has 3 heterocycles. The summed E-state index contributed by atoms with van der Waals surface area (Å²) < 4.78 is 0. The van der Waals surface area contributed by atoms with Gasteiger partial charge in [0.15, 0.2) is 0 Å². The van der Waals surface area contributed by atoms with E-state index >= 15 is 0 Å². The van der Waals surface area contributed by atoms with Crippen LogP contribution < -0.4 is 5.32 Å². The minimum atomic E-state index is -0.208. The fourth-order valence-corrected chi connectivity index (χ4v) is 3.02. The molecule has 0 unspecified atom stereocenters. The van der Waals surface area contributed by atoms with Gasteiger partial charge in [-0.15, -0.1) is 0 Å². The molecule has 1 amide bonds. The third-order valence-corrected chi connectivity index (χ3v) is 4.14. The lowest BCUT2D eigenvalue weighted by Gasteiger charge is -2.25. The molecule has 108 valence electrons. The third kappa shape index (κ3) is 3.56. The van der Waals surface area contributed by atoms with E-state index in [-0.39, 0.29) is 11.9 Å². The Balaban J connectivity index is 1.76. The first-order chi connectivity index (χ1) is 10.3. The van der Waals surface area contributed by atoms with E-state index in [1.807, 2.05) is 40.8 Å². The van der Waals surface area contributed by atoms with Crippen molar-refractivity contribution >= 4 is 17.2 Å². The Bertz CT molecular complexity index is 610. The molecular weight excluding hydrogens is 282 g/mol. The molecule has 3 rings (SSSR count). The number of hydrogen-bond donors (Lipinski definition) is 1. The number of thiophene rings is 1. The molecule has 5 heteroatoms. The Morgan fingerprint density at radius 2 is 2.29 bits per heavy atom. The lowest BCUT2D eigenvalue weighted by molar-refractivity contribution is -0.133. The Kier molecular flexibility index (Phi) is 4.43. The van der Waals surface area contributed by atoms with Crippen LogP contribution in [-0.4, -0.2) is 28.4 Å². The second-order valence-corrected chi connectivity index (χ2v) is 5.78. The molecule has 0 radical (unpaired) electrons. The van der Waals surface area contributed by atoms with E-state index < -0.39 is 0 Å². The van der Waals surface area contributed by atoms with Crippen molar-refractivity contribution in [2.45, 2.75) is 19.1 Å². The topological polar surface area (TPSA) is 45.2 Å². The average Bonchev–Trinajstić information content (AvgIpc) is 3.20. The highest BCUT2D eigenvalue weighted by atomic mass is 32.1. The van der Waals surface area contributed by atoms with Gasteiger partial charge in [-0.25, -0.2) is 0 Å². The van der Waals surface area contributed by atoms with Crippen molar-refractivity contribution < 1.29 is 4.79 Å². The molecule has 1 aliphatic heterocycles. The van der Waals surface area contributed by atoms with Gasteiger partial charge in [0.05, 0.1) is 0 Å². The molecule has 2 aromatic rings. The predicted octanol–water partition coefficient (Wildman–Crippen LogP) is 2.20. The number of carbonyl (C=O) groups excluding carboxylic acids is 1. The van der Waals surface area contributed by atoms with Gasteiger partial charge >= 0.3 is 0 Å². The smallest absolute Gasteiger partial charge is 0.244 e. The van der Waals surface area contributed by atoms with Crippen LogP contribution in [0.1, 0.15) is 11.1 Å². The van der Waals surface area contributed by atoms with Crippen LogP contribution in [0.25, 0.3) is 0 Å². The largest absolute Gasteiger partial charge is 0.332 e. The Labute approximate surface area is 128 Å². The van der Waals surface area contributed by atoms with Gasteiger partial charge in [-0.3, -0.25) is 15.1 Å². The monoisotopic (exact) mass is 299 g/mol. The second kappa shape index (κ2) is 6.65.